The molecule has 7 nitrogen and oxygen atoms in total. The van der Waals surface area contributed by atoms with Crippen molar-refractivity contribution in [3.63, 3.8) is 0 Å². The Labute approximate surface area is 200 Å². The van der Waals surface area contributed by atoms with Gasteiger partial charge in [0.15, 0.2) is 5.76 Å². The Kier molecular flexibility index (Phi) is 7.46. The van der Waals surface area contributed by atoms with Crippen LogP contribution >= 0.6 is 0 Å². The van der Waals surface area contributed by atoms with Gasteiger partial charge in [-0.05, 0) is 54.4 Å². The number of rotatable bonds is 8. The fraction of sp³-hybridized carbons (Fsp3) is 0.444. The van der Waals surface area contributed by atoms with Crippen LogP contribution in [-0.2, 0) is 30.6 Å². The lowest BCUT2D eigenvalue weighted by molar-refractivity contribution is -0.138. The molecule has 0 saturated carbocycles. The van der Waals surface area contributed by atoms with Gasteiger partial charge in [-0.2, -0.15) is 0 Å². The number of aromatic nitrogens is 1. The smallest absolute Gasteiger partial charge is 0.481 e. The van der Waals surface area contributed by atoms with Crippen molar-refractivity contribution in [2.24, 2.45) is 11.1 Å². The topological polar surface area (TPSA) is 120 Å². The zero-order valence-corrected chi connectivity index (χ0v) is 20.8. The van der Waals surface area contributed by atoms with Crippen LogP contribution in [0.25, 0.3) is 11.1 Å². The van der Waals surface area contributed by atoms with E-state index < -0.39 is 17.7 Å². The summed E-state index contributed by atoms with van der Waals surface area (Å²) in [6.45, 7) is 12.2. The molecule has 0 fully saturated rings. The normalized spacial score (nSPS) is 12.7. The Morgan fingerprint density at radius 3 is 2.24 bits per heavy atom. The van der Waals surface area contributed by atoms with Crippen molar-refractivity contribution < 1.29 is 18.7 Å². The minimum atomic E-state index is -1.03. The van der Waals surface area contributed by atoms with Gasteiger partial charge in [-0.15, -0.1) is 0 Å². The number of carboxylic acid groups (broad SMARTS) is 1. The van der Waals surface area contributed by atoms with Gasteiger partial charge in [-0.1, -0.05) is 57.5 Å². The molecule has 2 aromatic heterocycles. The Morgan fingerprint density at radius 2 is 1.76 bits per heavy atom. The van der Waals surface area contributed by atoms with Crippen molar-refractivity contribution in [2.45, 2.75) is 73.3 Å². The number of carbonyl (C=O) groups is 1. The molecule has 34 heavy (non-hydrogen) atoms. The first-order valence-electron chi connectivity index (χ1n) is 11.6. The molecule has 3 aromatic rings. The first-order chi connectivity index (χ1) is 15.9. The SMILES string of the molecule is CCc1nc(CC(C)(C)C)c(CN)c(-c2ccc(C)cc2)c1C(Cc1oc(=O)oc1C)C(=O)O. The molecule has 182 valence electrons. The molecule has 0 aliphatic heterocycles. The van der Waals surface area contributed by atoms with Crippen LogP contribution in [0.15, 0.2) is 37.9 Å². The summed E-state index contributed by atoms with van der Waals surface area (Å²) in [5.41, 5.74) is 12.1. The van der Waals surface area contributed by atoms with E-state index in [1.807, 2.05) is 38.1 Å². The molecule has 3 N–H and O–H groups in total. The standard InChI is InChI=1S/C27H34N2O5/c1-7-20-24(18(25(30)31)12-22-16(3)33-26(32)34-22)23(17-10-8-15(2)9-11-17)19(14-28)21(29-20)13-27(4,5)6/h8-11,18H,7,12-14,28H2,1-6H3,(H,30,31). The minimum Gasteiger partial charge on any atom is -0.481 e. The van der Waals surface area contributed by atoms with Gasteiger partial charge < -0.3 is 19.7 Å². The van der Waals surface area contributed by atoms with Crippen molar-refractivity contribution in [1.29, 1.82) is 0 Å². The van der Waals surface area contributed by atoms with Crippen molar-refractivity contribution in [1.82, 2.24) is 4.98 Å². The van der Waals surface area contributed by atoms with E-state index >= 15 is 0 Å². The summed E-state index contributed by atoms with van der Waals surface area (Å²) in [4.78, 5) is 29.2. The number of carboxylic acids is 1. The second-order valence-corrected chi connectivity index (χ2v) is 9.96. The Bertz CT molecular complexity index is 1230. The van der Waals surface area contributed by atoms with Crippen LogP contribution < -0.4 is 11.6 Å². The molecule has 0 spiro atoms. The van der Waals surface area contributed by atoms with Crippen LogP contribution in [0.2, 0.25) is 0 Å². The van der Waals surface area contributed by atoms with Crippen molar-refractivity contribution in [3.8, 4) is 11.1 Å². The summed E-state index contributed by atoms with van der Waals surface area (Å²) in [5.74, 6) is -2.36. The third-order valence-electron chi connectivity index (χ3n) is 5.95. The van der Waals surface area contributed by atoms with Gasteiger partial charge in [0.1, 0.15) is 5.76 Å². The minimum absolute atomic E-state index is 0.0247. The summed E-state index contributed by atoms with van der Waals surface area (Å²) < 4.78 is 10.2. The highest BCUT2D eigenvalue weighted by atomic mass is 16.6. The van der Waals surface area contributed by atoms with E-state index in [4.69, 9.17) is 19.6 Å². The molecule has 0 saturated heterocycles. The van der Waals surface area contributed by atoms with Gasteiger partial charge in [0.05, 0.1) is 5.92 Å². The second-order valence-electron chi connectivity index (χ2n) is 9.96. The van der Waals surface area contributed by atoms with Crippen LogP contribution in [0.4, 0.5) is 0 Å². The summed E-state index contributed by atoms with van der Waals surface area (Å²) in [6.07, 6.45) is 1.23. The molecule has 7 heteroatoms. The van der Waals surface area contributed by atoms with E-state index in [2.05, 4.69) is 20.8 Å². The number of aliphatic carboxylic acids is 1. The van der Waals surface area contributed by atoms with Crippen LogP contribution in [0, 0.1) is 19.3 Å². The third-order valence-corrected chi connectivity index (χ3v) is 5.95. The highest BCUT2D eigenvalue weighted by Crippen LogP contribution is 2.39. The van der Waals surface area contributed by atoms with Crippen molar-refractivity contribution >= 4 is 5.97 Å². The maximum absolute atomic E-state index is 12.6. The first kappa shape index (κ1) is 25.4. The van der Waals surface area contributed by atoms with Gasteiger partial charge in [-0.25, -0.2) is 4.79 Å². The molecule has 0 aliphatic rings. The Morgan fingerprint density at radius 1 is 1.12 bits per heavy atom. The molecule has 1 unspecified atom stereocenters. The number of pyridine rings is 1. The monoisotopic (exact) mass is 466 g/mol. The third kappa shape index (κ3) is 5.47. The molecule has 1 atom stereocenters. The van der Waals surface area contributed by atoms with E-state index in [9.17, 15) is 14.7 Å². The van der Waals surface area contributed by atoms with Crippen LogP contribution in [0.3, 0.4) is 0 Å². The van der Waals surface area contributed by atoms with E-state index in [1.54, 1.807) is 6.92 Å². The number of hydrogen-bond acceptors (Lipinski definition) is 6. The molecule has 0 aliphatic carbocycles. The second kappa shape index (κ2) is 9.97. The highest BCUT2D eigenvalue weighted by Gasteiger charge is 2.32. The van der Waals surface area contributed by atoms with Gasteiger partial charge in [0.25, 0.3) is 0 Å². The number of aryl methyl sites for hydroxylation is 3. The molecule has 1 aromatic carbocycles. The zero-order chi connectivity index (χ0) is 25.2. The largest absolute Gasteiger partial charge is 0.519 e. The first-order valence-corrected chi connectivity index (χ1v) is 11.6. The predicted octanol–water partition coefficient (Wildman–Crippen LogP) is 4.93. The number of nitrogens with zero attached hydrogens (tertiary/aromatic N) is 1. The van der Waals surface area contributed by atoms with E-state index in [-0.39, 0.29) is 29.9 Å². The maximum atomic E-state index is 12.6. The lowest BCUT2D eigenvalue weighted by Crippen LogP contribution is -2.23. The molecule has 0 radical (unpaired) electrons. The van der Waals surface area contributed by atoms with Gasteiger partial charge in [-0.3, -0.25) is 9.78 Å². The molecule has 3 rings (SSSR count). The fourth-order valence-electron chi connectivity index (χ4n) is 4.36. The lowest BCUT2D eigenvalue weighted by atomic mass is 9.80. The Balaban J connectivity index is 2.36. The summed E-state index contributed by atoms with van der Waals surface area (Å²) in [7, 11) is 0. The molecule has 2 heterocycles. The van der Waals surface area contributed by atoms with Crippen LogP contribution in [-0.4, -0.2) is 16.1 Å². The van der Waals surface area contributed by atoms with E-state index in [1.165, 1.54) is 0 Å². The zero-order valence-electron chi connectivity index (χ0n) is 20.8. The fourth-order valence-corrected chi connectivity index (χ4v) is 4.36. The molecular weight excluding hydrogens is 432 g/mol. The number of benzene rings is 1. The van der Waals surface area contributed by atoms with Crippen molar-refractivity contribution in [2.75, 3.05) is 0 Å². The quantitative estimate of drug-likeness (QED) is 0.483. The predicted molar refractivity (Wildman–Crippen MR) is 131 cm³/mol. The molecular formula is C27H34N2O5. The lowest BCUT2D eigenvalue weighted by Gasteiger charge is -2.27. The number of hydrogen-bond donors (Lipinski definition) is 2. The van der Waals surface area contributed by atoms with Gasteiger partial charge in [0, 0.05) is 24.4 Å². The summed E-state index contributed by atoms with van der Waals surface area (Å²) >= 11 is 0. The van der Waals surface area contributed by atoms with Gasteiger partial charge >= 0.3 is 11.8 Å². The van der Waals surface area contributed by atoms with Crippen LogP contribution in [0.5, 0.6) is 0 Å². The average Bonchev–Trinajstić information content (AvgIpc) is 3.07. The number of nitrogens with two attached hydrogens (primary N) is 1. The summed E-state index contributed by atoms with van der Waals surface area (Å²) in [5, 5.41) is 10.3. The molecule has 0 bridgehead atoms. The van der Waals surface area contributed by atoms with Crippen LogP contribution in [0.1, 0.15) is 73.2 Å². The van der Waals surface area contributed by atoms with E-state index in [0.29, 0.717) is 24.1 Å². The Hall–Kier alpha value is -3.19. The average molecular weight is 467 g/mol. The van der Waals surface area contributed by atoms with Gasteiger partial charge in [0.2, 0.25) is 0 Å². The molecule has 0 amide bonds. The summed E-state index contributed by atoms with van der Waals surface area (Å²) in [6, 6.07) is 8.00. The highest BCUT2D eigenvalue weighted by molar-refractivity contribution is 5.84. The van der Waals surface area contributed by atoms with E-state index in [0.717, 1.165) is 27.9 Å². The maximum Gasteiger partial charge on any atom is 0.519 e. The van der Waals surface area contributed by atoms with Crippen molar-refractivity contribution in [3.05, 3.63) is 74.5 Å².